The standard InChI is InChI=1S/C11H16N2OS/c1-8-3-5-15-10(8)7-13-11(14)9-2-4-12-6-9/h3,5,9,12H,2,4,6-7H2,1H3,(H,13,14)/t9-/m1/s1. The fourth-order valence-corrected chi connectivity index (χ4v) is 2.62. The molecule has 2 N–H and O–H groups in total. The summed E-state index contributed by atoms with van der Waals surface area (Å²) in [5.41, 5.74) is 1.27. The molecule has 3 nitrogen and oxygen atoms in total. The number of carbonyl (C=O) groups excluding carboxylic acids is 1. The van der Waals surface area contributed by atoms with Gasteiger partial charge in [-0.2, -0.15) is 0 Å². The van der Waals surface area contributed by atoms with Gasteiger partial charge in [-0.1, -0.05) is 0 Å². The van der Waals surface area contributed by atoms with Crippen molar-refractivity contribution in [2.75, 3.05) is 13.1 Å². The zero-order valence-corrected chi connectivity index (χ0v) is 9.69. The number of amides is 1. The third-order valence-electron chi connectivity index (χ3n) is 2.82. The first kappa shape index (κ1) is 10.6. The zero-order valence-electron chi connectivity index (χ0n) is 8.88. The van der Waals surface area contributed by atoms with Gasteiger partial charge in [0.2, 0.25) is 5.91 Å². The lowest BCUT2D eigenvalue weighted by atomic mass is 10.1. The van der Waals surface area contributed by atoms with Crippen molar-refractivity contribution in [1.82, 2.24) is 10.6 Å². The number of thiophene rings is 1. The quantitative estimate of drug-likeness (QED) is 0.812. The van der Waals surface area contributed by atoms with E-state index in [2.05, 4.69) is 29.0 Å². The van der Waals surface area contributed by atoms with Gasteiger partial charge in [0, 0.05) is 11.4 Å². The smallest absolute Gasteiger partial charge is 0.224 e. The molecule has 1 aromatic heterocycles. The summed E-state index contributed by atoms with van der Waals surface area (Å²) in [7, 11) is 0. The summed E-state index contributed by atoms with van der Waals surface area (Å²) >= 11 is 1.70. The van der Waals surface area contributed by atoms with Crippen LogP contribution in [0.15, 0.2) is 11.4 Å². The Morgan fingerprint density at radius 3 is 3.20 bits per heavy atom. The monoisotopic (exact) mass is 224 g/mol. The van der Waals surface area contributed by atoms with Gasteiger partial charge in [0.05, 0.1) is 12.5 Å². The SMILES string of the molecule is Cc1ccsc1CNC(=O)[C@@H]1CCNC1. The minimum Gasteiger partial charge on any atom is -0.351 e. The second-order valence-corrected chi connectivity index (χ2v) is 4.93. The topological polar surface area (TPSA) is 41.1 Å². The van der Waals surface area contributed by atoms with Crippen LogP contribution in [0.3, 0.4) is 0 Å². The van der Waals surface area contributed by atoms with Crippen LogP contribution in [0.2, 0.25) is 0 Å². The van der Waals surface area contributed by atoms with Gasteiger partial charge >= 0.3 is 0 Å². The van der Waals surface area contributed by atoms with Crippen LogP contribution in [0.5, 0.6) is 0 Å². The van der Waals surface area contributed by atoms with Crippen molar-refractivity contribution in [2.45, 2.75) is 19.9 Å². The normalized spacial score (nSPS) is 20.5. The van der Waals surface area contributed by atoms with Gasteiger partial charge < -0.3 is 10.6 Å². The van der Waals surface area contributed by atoms with Gasteiger partial charge in [-0.25, -0.2) is 0 Å². The van der Waals surface area contributed by atoms with Crippen molar-refractivity contribution >= 4 is 17.2 Å². The van der Waals surface area contributed by atoms with Gasteiger partial charge in [0.25, 0.3) is 0 Å². The second-order valence-electron chi connectivity index (χ2n) is 3.93. The predicted molar refractivity (Wildman–Crippen MR) is 61.9 cm³/mol. The van der Waals surface area contributed by atoms with Gasteiger partial charge in [0.15, 0.2) is 0 Å². The lowest BCUT2D eigenvalue weighted by molar-refractivity contribution is -0.124. The molecule has 0 radical (unpaired) electrons. The van der Waals surface area contributed by atoms with Crippen molar-refractivity contribution in [3.05, 3.63) is 21.9 Å². The molecule has 0 bridgehead atoms. The van der Waals surface area contributed by atoms with Crippen LogP contribution < -0.4 is 10.6 Å². The van der Waals surface area contributed by atoms with Gasteiger partial charge in [-0.05, 0) is 36.9 Å². The summed E-state index contributed by atoms with van der Waals surface area (Å²) < 4.78 is 0. The maximum Gasteiger partial charge on any atom is 0.224 e. The van der Waals surface area contributed by atoms with E-state index in [1.165, 1.54) is 10.4 Å². The van der Waals surface area contributed by atoms with Crippen molar-refractivity contribution in [3.63, 3.8) is 0 Å². The summed E-state index contributed by atoms with van der Waals surface area (Å²) in [6, 6.07) is 2.09. The summed E-state index contributed by atoms with van der Waals surface area (Å²) in [5.74, 6) is 0.359. The summed E-state index contributed by atoms with van der Waals surface area (Å²) in [6.07, 6.45) is 0.968. The lowest BCUT2D eigenvalue weighted by Crippen LogP contribution is -2.31. The third kappa shape index (κ3) is 2.58. The van der Waals surface area contributed by atoms with Gasteiger partial charge in [-0.15, -0.1) is 11.3 Å². The Morgan fingerprint density at radius 2 is 2.60 bits per heavy atom. The first-order valence-corrected chi connectivity index (χ1v) is 6.16. The van der Waals surface area contributed by atoms with E-state index in [4.69, 9.17) is 0 Å². The molecular weight excluding hydrogens is 208 g/mol. The van der Waals surface area contributed by atoms with Crippen molar-refractivity contribution < 1.29 is 4.79 Å². The molecule has 4 heteroatoms. The molecular formula is C11H16N2OS. The molecule has 1 amide bonds. The van der Waals surface area contributed by atoms with Crippen LogP contribution in [0, 0.1) is 12.8 Å². The summed E-state index contributed by atoms with van der Waals surface area (Å²) in [6.45, 7) is 4.55. The highest BCUT2D eigenvalue weighted by Crippen LogP contribution is 2.15. The van der Waals surface area contributed by atoms with Crippen LogP contribution in [0.1, 0.15) is 16.9 Å². The Morgan fingerprint density at radius 1 is 1.73 bits per heavy atom. The van der Waals surface area contributed by atoms with Crippen LogP contribution >= 0.6 is 11.3 Å². The molecule has 0 saturated carbocycles. The van der Waals surface area contributed by atoms with Crippen LogP contribution in [-0.4, -0.2) is 19.0 Å². The molecule has 0 aliphatic carbocycles. The van der Waals surface area contributed by atoms with Crippen molar-refractivity contribution in [2.24, 2.45) is 5.92 Å². The number of rotatable bonds is 3. The highest BCUT2D eigenvalue weighted by Gasteiger charge is 2.21. The molecule has 15 heavy (non-hydrogen) atoms. The molecule has 2 rings (SSSR count). The first-order chi connectivity index (χ1) is 7.27. The third-order valence-corrected chi connectivity index (χ3v) is 3.85. The van der Waals surface area contributed by atoms with Crippen LogP contribution in [-0.2, 0) is 11.3 Å². The molecule has 0 aromatic carbocycles. The Kier molecular flexibility index (Phi) is 3.38. The van der Waals surface area contributed by atoms with E-state index in [0.717, 1.165) is 19.5 Å². The molecule has 1 aliphatic heterocycles. The molecule has 1 aliphatic rings. The number of aryl methyl sites for hydroxylation is 1. The molecule has 1 aromatic rings. The van der Waals surface area contributed by atoms with E-state index in [0.29, 0.717) is 6.54 Å². The molecule has 0 spiro atoms. The Balaban J connectivity index is 1.83. The lowest BCUT2D eigenvalue weighted by Gasteiger charge is -2.09. The van der Waals surface area contributed by atoms with E-state index in [-0.39, 0.29) is 11.8 Å². The maximum absolute atomic E-state index is 11.7. The average Bonchev–Trinajstić information content (AvgIpc) is 2.85. The molecule has 2 heterocycles. The van der Waals surface area contributed by atoms with Crippen molar-refractivity contribution in [1.29, 1.82) is 0 Å². The van der Waals surface area contributed by atoms with E-state index in [1.54, 1.807) is 11.3 Å². The molecule has 0 unspecified atom stereocenters. The Hall–Kier alpha value is -0.870. The number of hydrogen-bond acceptors (Lipinski definition) is 3. The highest BCUT2D eigenvalue weighted by molar-refractivity contribution is 7.10. The molecule has 1 atom stereocenters. The fraction of sp³-hybridized carbons (Fsp3) is 0.545. The average molecular weight is 224 g/mol. The van der Waals surface area contributed by atoms with Crippen LogP contribution in [0.25, 0.3) is 0 Å². The van der Waals surface area contributed by atoms with E-state index < -0.39 is 0 Å². The van der Waals surface area contributed by atoms with Crippen LogP contribution in [0.4, 0.5) is 0 Å². The predicted octanol–water partition coefficient (Wildman–Crippen LogP) is 1.28. The Bertz CT molecular complexity index is 342. The largest absolute Gasteiger partial charge is 0.351 e. The number of hydrogen-bond donors (Lipinski definition) is 2. The van der Waals surface area contributed by atoms with Gasteiger partial charge in [-0.3, -0.25) is 4.79 Å². The zero-order chi connectivity index (χ0) is 10.7. The van der Waals surface area contributed by atoms with Gasteiger partial charge in [0.1, 0.15) is 0 Å². The minimum atomic E-state index is 0.172. The summed E-state index contributed by atoms with van der Waals surface area (Å²) in [5, 5.41) is 8.26. The Labute approximate surface area is 93.9 Å². The molecule has 82 valence electrons. The van der Waals surface area contributed by atoms with Crippen molar-refractivity contribution in [3.8, 4) is 0 Å². The van der Waals surface area contributed by atoms with E-state index >= 15 is 0 Å². The molecule has 1 fully saturated rings. The highest BCUT2D eigenvalue weighted by atomic mass is 32.1. The molecule has 1 saturated heterocycles. The fourth-order valence-electron chi connectivity index (χ4n) is 1.78. The second kappa shape index (κ2) is 4.77. The van der Waals surface area contributed by atoms with E-state index in [9.17, 15) is 4.79 Å². The summed E-state index contributed by atoms with van der Waals surface area (Å²) in [4.78, 5) is 13.0. The van der Waals surface area contributed by atoms with E-state index in [1.807, 2.05) is 0 Å². The first-order valence-electron chi connectivity index (χ1n) is 5.29. The number of carbonyl (C=O) groups is 1. The number of nitrogens with one attached hydrogen (secondary N) is 2. The maximum atomic E-state index is 11.7. The minimum absolute atomic E-state index is 0.172.